The lowest BCUT2D eigenvalue weighted by Crippen LogP contribution is -2.47. The number of carbonyl (C=O) groups excluding carboxylic acids is 2. The van der Waals surface area contributed by atoms with Gasteiger partial charge in [0.15, 0.2) is 5.65 Å². The maximum absolute atomic E-state index is 14.0. The Morgan fingerprint density at radius 2 is 2.02 bits per heavy atom. The van der Waals surface area contributed by atoms with E-state index in [1.165, 1.54) is 15.4 Å². The number of rotatable bonds is 8. The summed E-state index contributed by atoms with van der Waals surface area (Å²) in [6.45, 7) is 1.84. The van der Waals surface area contributed by atoms with Crippen LogP contribution in [0.15, 0.2) is 24.5 Å². The number of nitrogens with one attached hydrogen (secondary N) is 2. The molecule has 0 bridgehead atoms. The maximum atomic E-state index is 14.0. The van der Waals surface area contributed by atoms with Crippen LogP contribution in [0.25, 0.3) is 5.65 Å². The Hall–Kier alpha value is -3.29. The normalized spacial score (nSPS) is 22.2. The van der Waals surface area contributed by atoms with Crippen molar-refractivity contribution in [1.29, 1.82) is 0 Å². The first kappa shape index (κ1) is 30.2. The van der Waals surface area contributed by atoms with E-state index in [4.69, 9.17) is 11.6 Å². The highest BCUT2D eigenvalue weighted by atomic mass is 35.5. The summed E-state index contributed by atoms with van der Waals surface area (Å²) in [5.74, 6) is -6.61. The van der Waals surface area contributed by atoms with Crippen molar-refractivity contribution in [3.8, 4) is 0 Å². The van der Waals surface area contributed by atoms with Crippen LogP contribution >= 0.6 is 11.6 Å². The third-order valence-corrected chi connectivity index (χ3v) is 8.52. The molecular formula is C27H31ClF5N7O2. The molecule has 2 unspecified atom stereocenters. The van der Waals surface area contributed by atoms with Crippen LogP contribution in [0.2, 0.25) is 0 Å². The molecule has 2 N–H and O–H groups in total. The fraction of sp³-hybridized carbons (Fsp3) is 0.593. The van der Waals surface area contributed by atoms with Gasteiger partial charge in [0.25, 0.3) is 5.91 Å². The lowest BCUT2D eigenvalue weighted by atomic mass is 9.81. The van der Waals surface area contributed by atoms with E-state index in [2.05, 4.69) is 25.8 Å². The molecule has 15 heteroatoms. The fourth-order valence-electron chi connectivity index (χ4n) is 5.84. The molecule has 2 fully saturated rings. The average molecular weight is 616 g/mol. The van der Waals surface area contributed by atoms with Crippen LogP contribution in [0.5, 0.6) is 0 Å². The van der Waals surface area contributed by atoms with E-state index in [0.29, 0.717) is 34.8 Å². The van der Waals surface area contributed by atoms with Gasteiger partial charge in [0.05, 0.1) is 29.5 Å². The summed E-state index contributed by atoms with van der Waals surface area (Å²) in [6.07, 6.45) is -2.06. The van der Waals surface area contributed by atoms with Crippen LogP contribution in [0, 0.1) is 17.8 Å². The summed E-state index contributed by atoms with van der Waals surface area (Å²) in [5.41, 5.74) is 1.95. The predicted octanol–water partition coefficient (Wildman–Crippen LogP) is 4.84. The van der Waals surface area contributed by atoms with Gasteiger partial charge in [0.2, 0.25) is 11.8 Å². The summed E-state index contributed by atoms with van der Waals surface area (Å²) in [6, 6.07) is 2.50. The molecule has 0 spiro atoms. The first-order valence-electron chi connectivity index (χ1n) is 13.9. The molecule has 5 rings (SSSR count). The number of aromatic nitrogens is 5. The van der Waals surface area contributed by atoms with Gasteiger partial charge >= 0.3 is 6.18 Å². The van der Waals surface area contributed by atoms with Crippen molar-refractivity contribution in [2.24, 2.45) is 17.8 Å². The van der Waals surface area contributed by atoms with Gasteiger partial charge in [-0.3, -0.25) is 14.3 Å². The number of amides is 2. The van der Waals surface area contributed by atoms with E-state index in [0.717, 1.165) is 0 Å². The van der Waals surface area contributed by atoms with E-state index in [-0.39, 0.29) is 50.3 Å². The third kappa shape index (κ3) is 6.37. The zero-order valence-corrected chi connectivity index (χ0v) is 23.6. The molecule has 4 heterocycles. The largest absolute Gasteiger partial charge is 0.393 e. The van der Waals surface area contributed by atoms with E-state index in [9.17, 15) is 31.5 Å². The van der Waals surface area contributed by atoms with Crippen LogP contribution in [0.1, 0.15) is 72.5 Å². The molecule has 2 amide bonds. The van der Waals surface area contributed by atoms with Gasteiger partial charge in [0, 0.05) is 50.3 Å². The quantitative estimate of drug-likeness (QED) is 0.279. The second kappa shape index (κ2) is 11.8. The molecular weight excluding hydrogens is 585 g/mol. The van der Waals surface area contributed by atoms with Gasteiger partial charge in [-0.1, -0.05) is 0 Å². The highest BCUT2D eigenvalue weighted by molar-refractivity contribution is 6.17. The first-order valence-corrected chi connectivity index (χ1v) is 14.4. The van der Waals surface area contributed by atoms with Gasteiger partial charge in [-0.15, -0.1) is 11.6 Å². The van der Waals surface area contributed by atoms with E-state index in [1.54, 1.807) is 18.3 Å². The number of hydrogen-bond acceptors (Lipinski definition) is 5. The number of carbonyl (C=O) groups is 2. The third-order valence-electron chi connectivity index (χ3n) is 8.23. The number of aryl methyl sites for hydroxylation is 1. The minimum absolute atomic E-state index is 0.0169. The molecule has 1 saturated heterocycles. The highest BCUT2D eigenvalue weighted by Crippen LogP contribution is 2.41. The minimum Gasteiger partial charge on any atom is -0.355 e. The maximum Gasteiger partial charge on any atom is 0.393 e. The Bertz CT molecular complexity index is 1450. The fourth-order valence-corrected chi connectivity index (χ4v) is 6.07. The van der Waals surface area contributed by atoms with Crippen LogP contribution in [-0.4, -0.2) is 54.8 Å². The molecule has 3 atom stereocenters. The topological polar surface area (TPSA) is 106 Å². The average Bonchev–Trinajstić information content (AvgIpc) is 3.58. The van der Waals surface area contributed by atoms with E-state index < -0.39 is 48.3 Å². The lowest BCUT2D eigenvalue weighted by Gasteiger charge is -2.33. The summed E-state index contributed by atoms with van der Waals surface area (Å²) in [7, 11) is 0. The van der Waals surface area contributed by atoms with Crippen LogP contribution in [0.4, 0.5) is 22.0 Å². The van der Waals surface area contributed by atoms with Crippen molar-refractivity contribution >= 4 is 29.1 Å². The Kier molecular flexibility index (Phi) is 8.46. The molecule has 228 valence electrons. The first-order chi connectivity index (χ1) is 19.9. The van der Waals surface area contributed by atoms with Crippen molar-refractivity contribution < 1.29 is 31.5 Å². The Balaban J connectivity index is 1.45. The van der Waals surface area contributed by atoms with Crippen molar-refractivity contribution in [3.05, 3.63) is 47.2 Å². The molecule has 42 heavy (non-hydrogen) atoms. The number of nitrogens with zero attached hydrogens (tertiary/aromatic N) is 5. The molecule has 1 aliphatic heterocycles. The summed E-state index contributed by atoms with van der Waals surface area (Å²) < 4.78 is 71.0. The lowest BCUT2D eigenvalue weighted by molar-refractivity contribution is -0.183. The molecule has 0 radical (unpaired) electrons. The zero-order chi connectivity index (χ0) is 30.2. The second-order valence-electron chi connectivity index (χ2n) is 11.0. The smallest absolute Gasteiger partial charge is 0.355 e. The minimum atomic E-state index is -4.44. The number of fused-ring (bicyclic) bond motifs is 1. The predicted molar refractivity (Wildman–Crippen MR) is 142 cm³/mol. The second-order valence-corrected chi connectivity index (χ2v) is 11.3. The Morgan fingerprint density at radius 3 is 2.69 bits per heavy atom. The SMILES string of the molecule is CCn1nccc1C(=O)NC(c1cn2nc(CC3C[C@@H](C(F)(F)F)CNC3=O)c(CCl)cc2n1)C1CCC(F)(F)CC1. The van der Waals surface area contributed by atoms with Gasteiger partial charge < -0.3 is 10.6 Å². The van der Waals surface area contributed by atoms with Crippen molar-refractivity contribution in [2.45, 2.75) is 76.0 Å². The van der Waals surface area contributed by atoms with E-state index >= 15 is 0 Å². The summed E-state index contributed by atoms with van der Waals surface area (Å²) in [5, 5.41) is 14.0. The van der Waals surface area contributed by atoms with Crippen LogP contribution in [-0.2, 0) is 23.6 Å². The zero-order valence-electron chi connectivity index (χ0n) is 22.8. The summed E-state index contributed by atoms with van der Waals surface area (Å²) >= 11 is 6.17. The molecule has 3 aromatic heterocycles. The Morgan fingerprint density at radius 1 is 1.29 bits per heavy atom. The monoisotopic (exact) mass is 615 g/mol. The van der Waals surface area contributed by atoms with E-state index in [1.807, 2.05) is 6.92 Å². The molecule has 3 aromatic rings. The van der Waals surface area contributed by atoms with Crippen molar-refractivity contribution in [2.75, 3.05) is 6.54 Å². The number of alkyl halides is 6. The Labute approximate surface area is 243 Å². The highest BCUT2D eigenvalue weighted by Gasteiger charge is 2.45. The van der Waals surface area contributed by atoms with Crippen molar-refractivity contribution in [3.63, 3.8) is 0 Å². The van der Waals surface area contributed by atoms with Gasteiger partial charge in [0.1, 0.15) is 5.69 Å². The van der Waals surface area contributed by atoms with Gasteiger partial charge in [-0.25, -0.2) is 18.3 Å². The van der Waals surface area contributed by atoms with Gasteiger partial charge in [-0.2, -0.15) is 23.4 Å². The summed E-state index contributed by atoms with van der Waals surface area (Å²) in [4.78, 5) is 30.3. The van der Waals surface area contributed by atoms with Crippen LogP contribution < -0.4 is 10.6 Å². The number of imidazole rings is 1. The molecule has 1 saturated carbocycles. The molecule has 9 nitrogen and oxygen atoms in total. The number of piperidine rings is 1. The number of halogens is 6. The van der Waals surface area contributed by atoms with Crippen molar-refractivity contribution in [1.82, 2.24) is 35.0 Å². The molecule has 1 aliphatic carbocycles. The van der Waals surface area contributed by atoms with Gasteiger partial charge in [-0.05, 0) is 49.8 Å². The molecule has 0 aromatic carbocycles. The standard InChI is InChI=1S/C27H31ClF5N7O2/c1-2-39-21(5-8-35-39)25(42)37-23(15-3-6-26(29,30)7-4-15)20-14-40-22(36-20)11-17(12-28)19(38-40)10-16-9-18(27(31,32)33)13-34-24(16)41/h5,8,11,14-16,18,23H,2-4,6-7,9-10,12-13H2,1H3,(H,34,41)(H,37,42)/t16?,18-,23?/m1/s1. The molecule has 2 aliphatic rings. The number of hydrogen-bond donors (Lipinski definition) is 2. The van der Waals surface area contributed by atoms with Crippen LogP contribution in [0.3, 0.4) is 0 Å².